The molecular formula is C15H23NO. The van der Waals surface area contributed by atoms with Crippen molar-refractivity contribution in [1.29, 1.82) is 0 Å². The van der Waals surface area contributed by atoms with Crippen molar-refractivity contribution >= 4 is 11.6 Å². The van der Waals surface area contributed by atoms with Crippen LogP contribution in [-0.4, -0.2) is 5.91 Å². The number of hydrogen-bond donors (Lipinski definition) is 1. The zero-order chi connectivity index (χ0) is 13.1. The van der Waals surface area contributed by atoms with Gasteiger partial charge in [-0.2, -0.15) is 0 Å². The van der Waals surface area contributed by atoms with Gasteiger partial charge in [0.05, 0.1) is 0 Å². The summed E-state index contributed by atoms with van der Waals surface area (Å²) in [6.07, 6.45) is 1.13. The number of nitrogens with one attached hydrogen (secondary N) is 1. The van der Waals surface area contributed by atoms with E-state index in [1.807, 2.05) is 32.9 Å². The van der Waals surface area contributed by atoms with Gasteiger partial charge in [0.25, 0.3) is 0 Å². The lowest BCUT2D eigenvalue weighted by atomic mass is 9.95. The molecule has 0 radical (unpaired) electrons. The molecule has 1 aromatic rings. The van der Waals surface area contributed by atoms with E-state index < -0.39 is 0 Å². The molecule has 0 saturated carbocycles. The highest BCUT2D eigenvalue weighted by atomic mass is 16.2. The van der Waals surface area contributed by atoms with Crippen LogP contribution in [0.2, 0.25) is 0 Å². The van der Waals surface area contributed by atoms with E-state index in [9.17, 15) is 4.79 Å². The number of amides is 1. The van der Waals surface area contributed by atoms with E-state index in [-0.39, 0.29) is 11.3 Å². The Hall–Kier alpha value is -1.31. The van der Waals surface area contributed by atoms with Crippen molar-refractivity contribution in [3.8, 4) is 0 Å². The molecule has 0 heterocycles. The van der Waals surface area contributed by atoms with Crippen LogP contribution in [0.15, 0.2) is 24.3 Å². The van der Waals surface area contributed by atoms with Crippen LogP contribution < -0.4 is 5.32 Å². The van der Waals surface area contributed by atoms with Crippen molar-refractivity contribution in [3.63, 3.8) is 0 Å². The highest BCUT2D eigenvalue weighted by Gasteiger charge is 2.20. The van der Waals surface area contributed by atoms with Crippen molar-refractivity contribution in [1.82, 2.24) is 0 Å². The molecule has 0 fully saturated rings. The smallest absolute Gasteiger partial charge is 0.229 e. The normalized spacial score (nSPS) is 13.2. The molecule has 0 saturated heterocycles. The molecule has 0 aliphatic carbocycles. The maximum Gasteiger partial charge on any atom is 0.229 e. The van der Waals surface area contributed by atoms with Gasteiger partial charge in [-0.3, -0.25) is 4.79 Å². The zero-order valence-corrected chi connectivity index (χ0v) is 11.5. The monoisotopic (exact) mass is 233 g/mol. The number of benzene rings is 1. The first-order chi connectivity index (χ1) is 7.84. The standard InChI is InChI=1S/C15H23NO/c1-6-11(2)12-7-9-13(10-8-12)16-14(17)15(3,4)5/h7-11H,6H2,1-5H3,(H,16,17)/t11-/m0/s1. The summed E-state index contributed by atoms with van der Waals surface area (Å²) in [5.41, 5.74) is 1.84. The fraction of sp³-hybridized carbons (Fsp3) is 0.533. The van der Waals surface area contributed by atoms with Crippen LogP contribution in [-0.2, 0) is 4.79 Å². The Morgan fingerprint density at radius 1 is 1.24 bits per heavy atom. The van der Waals surface area contributed by atoms with Crippen molar-refractivity contribution in [3.05, 3.63) is 29.8 Å². The van der Waals surface area contributed by atoms with Crippen LogP contribution in [0, 0.1) is 5.41 Å². The average Bonchev–Trinajstić information content (AvgIpc) is 2.27. The van der Waals surface area contributed by atoms with Crippen LogP contribution in [0.3, 0.4) is 0 Å². The molecule has 0 bridgehead atoms. The van der Waals surface area contributed by atoms with Crippen LogP contribution in [0.1, 0.15) is 52.5 Å². The van der Waals surface area contributed by atoms with Gasteiger partial charge in [0, 0.05) is 11.1 Å². The van der Waals surface area contributed by atoms with Gasteiger partial charge in [-0.1, -0.05) is 46.8 Å². The molecule has 0 aromatic heterocycles. The Balaban J connectivity index is 2.72. The first kappa shape index (κ1) is 13.8. The molecule has 0 spiro atoms. The third-order valence-electron chi connectivity index (χ3n) is 3.03. The van der Waals surface area contributed by atoms with Gasteiger partial charge in [-0.05, 0) is 30.0 Å². The molecule has 1 aromatic carbocycles. The minimum absolute atomic E-state index is 0.0498. The third kappa shape index (κ3) is 3.88. The van der Waals surface area contributed by atoms with E-state index in [0.29, 0.717) is 5.92 Å². The van der Waals surface area contributed by atoms with Crippen molar-refractivity contribution in [2.45, 2.75) is 47.0 Å². The summed E-state index contributed by atoms with van der Waals surface area (Å²) in [6, 6.07) is 8.13. The van der Waals surface area contributed by atoms with Gasteiger partial charge in [0.15, 0.2) is 0 Å². The van der Waals surface area contributed by atoms with E-state index in [1.165, 1.54) is 5.56 Å². The summed E-state index contributed by atoms with van der Waals surface area (Å²) in [6.45, 7) is 10.1. The van der Waals surface area contributed by atoms with Gasteiger partial charge >= 0.3 is 0 Å². The quantitative estimate of drug-likeness (QED) is 0.833. The topological polar surface area (TPSA) is 29.1 Å². The van der Waals surface area contributed by atoms with Crippen LogP contribution in [0.4, 0.5) is 5.69 Å². The Labute approximate surface area is 104 Å². The molecule has 2 heteroatoms. The first-order valence-electron chi connectivity index (χ1n) is 6.26. The first-order valence-corrected chi connectivity index (χ1v) is 6.26. The van der Waals surface area contributed by atoms with Crippen LogP contribution in [0.5, 0.6) is 0 Å². The average molecular weight is 233 g/mol. The fourth-order valence-corrected chi connectivity index (χ4v) is 1.45. The molecule has 0 unspecified atom stereocenters. The molecule has 94 valence electrons. The fourth-order valence-electron chi connectivity index (χ4n) is 1.45. The van der Waals surface area contributed by atoms with E-state index >= 15 is 0 Å². The molecule has 0 aliphatic heterocycles. The number of anilines is 1. The summed E-state index contributed by atoms with van der Waals surface area (Å²) in [5, 5.41) is 2.93. The number of carbonyl (C=O) groups is 1. The summed E-state index contributed by atoms with van der Waals surface area (Å²) in [7, 11) is 0. The van der Waals surface area contributed by atoms with Gasteiger partial charge in [0.2, 0.25) is 5.91 Å². The molecule has 2 nitrogen and oxygen atoms in total. The van der Waals surface area contributed by atoms with Crippen molar-refractivity contribution in [2.24, 2.45) is 5.41 Å². The summed E-state index contributed by atoms with van der Waals surface area (Å²) < 4.78 is 0. The molecule has 1 amide bonds. The van der Waals surface area contributed by atoms with Crippen LogP contribution >= 0.6 is 0 Å². The molecule has 1 N–H and O–H groups in total. The van der Waals surface area contributed by atoms with E-state index in [2.05, 4.69) is 31.3 Å². The Bertz CT molecular complexity index is 373. The second kappa shape index (κ2) is 5.35. The van der Waals surface area contributed by atoms with Gasteiger partial charge < -0.3 is 5.32 Å². The third-order valence-corrected chi connectivity index (χ3v) is 3.03. The van der Waals surface area contributed by atoms with Gasteiger partial charge in [-0.15, -0.1) is 0 Å². The molecule has 1 atom stereocenters. The summed E-state index contributed by atoms with van der Waals surface area (Å²) >= 11 is 0. The Morgan fingerprint density at radius 2 is 1.76 bits per heavy atom. The number of rotatable bonds is 3. The van der Waals surface area contributed by atoms with E-state index in [1.54, 1.807) is 0 Å². The minimum atomic E-state index is -0.352. The lowest BCUT2D eigenvalue weighted by Crippen LogP contribution is -2.27. The lowest BCUT2D eigenvalue weighted by Gasteiger charge is -2.18. The highest BCUT2D eigenvalue weighted by molar-refractivity contribution is 5.94. The lowest BCUT2D eigenvalue weighted by molar-refractivity contribution is -0.123. The SMILES string of the molecule is CC[C@H](C)c1ccc(NC(=O)C(C)(C)C)cc1. The van der Waals surface area contributed by atoms with Gasteiger partial charge in [0.1, 0.15) is 0 Å². The van der Waals surface area contributed by atoms with Gasteiger partial charge in [-0.25, -0.2) is 0 Å². The predicted octanol–water partition coefficient (Wildman–Crippen LogP) is 4.18. The number of carbonyl (C=O) groups excluding carboxylic acids is 1. The summed E-state index contributed by atoms with van der Waals surface area (Å²) in [4.78, 5) is 11.8. The maximum atomic E-state index is 11.8. The second-order valence-corrected chi connectivity index (χ2v) is 5.64. The molecule has 0 aliphatic rings. The van der Waals surface area contributed by atoms with E-state index in [4.69, 9.17) is 0 Å². The highest BCUT2D eigenvalue weighted by Crippen LogP contribution is 2.22. The van der Waals surface area contributed by atoms with Crippen molar-refractivity contribution < 1.29 is 4.79 Å². The minimum Gasteiger partial charge on any atom is -0.326 e. The Morgan fingerprint density at radius 3 is 2.18 bits per heavy atom. The zero-order valence-electron chi connectivity index (χ0n) is 11.5. The maximum absolute atomic E-state index is 11.8. The summed E-state index contributed by atoms with van der Waals surface area (Å²) in [5.74, 6) is 0.621. The second-order valence-electron chi connectivity index (χ2n) is 5.64. The molecule has 17 heavy (non-hydrogen) atoms. The van der Waals surface area contributed by atoms with Crippen molar-refractivity contribution in [2.75, 3.05) is 5.32 Å². The van der Waals surface area contributed by atoms with E-state index in [0.717, 1.165) is 12.1 Å². The largest absolute Gasteiger partial charge is 0.326 e. The Kier molecular flexibility index (Phi) is 4.33. The molecule has 1 rings (SSSR count). The number of hydrogen-bond acceptors (Lipinski definition) is 1. The molecular weight excluding hydrogens is 210 g/mol. The van der Waals surface area contributed by atoms with Crippen LogP contribution in [0.25, 0.3) is 0 Å². The predicted molar refractivity (Wildman–Crippen MR) is 73.2 cm³/mol.